The van der Waals surface area contributed by atoms with Gasteiger partial charge in [-0.3, -0.25) is 4.79 Å². The molecule has 0 saturated carbocycles. The zero-order valence-corrected chi connectivity index (χ0v) is 13.4. The van der Waals surface area contributed by atoms with Crippen molar-refractivity contribution in [2.75, 3.05) is 24.5 Å². The fraction of sp³-hybridized carbons (Fsp3) is 0.643. The third-order valence-corrected chi connectivity index (χ3v) is 4.44. The normalized spacial score (nSPS) is 22.6. The highest BCUT2D eigenvalue weighted by molar-refractivity contribution is 9.10. The minimum atomic E-state index is 0.306. The van der Waals surface area contributed by atoms with E-state index in [0.717, 1.165) is 42.3 Å². The molecule has 20 heavy (non-hydrogen) atoms. The molecule has 1 amide bonds. The molecule has 2 aliphatic heterocycles. The Bertz CT molecular complexity index is 534. The number of piperazine rings is 1. The lowest BCUT2D eigenvalue weighted by Crippen LogP contribution is -2.51. The number of rotatable bonds is 2. The molecule has 0 N–H and O–H groups in total. The van der Waals surface area contributed by atoms with Gasteiger partial charge in [0.25, 0.3) is 0 Å². The Balaban J connectivity index is 1.82. The van der Waals surface area contributed by atoms with Crippen LogP contribution in [0, 0.1) is 0 Å². The third-order valence-electron chi connectivity index (χ3n) is 4.03. The fourth-order valence-corrected chi connectivity index (χ4v) is 3.30. The Morgan fingerprint density at radius 2 is 2.15 bits per heavy atom. The van der Waals surface area contributed by atoms with Crippen LogP contribution in [0.4, 0.5) is 5.82 Å². The summed E-state index contributed by atoms with van der Waals surface area (Å²) in [6.07, 6.45) is 1.67. The molecule has 0 aromatic carbocycles. The van der Waals surface area contributed by atoms with Gasteiger partial charge in [-0.1, -0.05) is 13.8 Å². The lowest BCUT2D eigenvalue weighted by Gasteiger charge is -2.38. The van der Waals surface area contributed by atoms with Gasteiger partial charge in [-0.2, -0.15) is 0 Å². The second-order valence-corrected chi connectivity index (χ2v) is 6.60. The second-order valence-electron chi connectivity index (χ2n) is 5.79. The quantitative estimate of drug-likeness (QED) is 0.775. The first-order valence-corrected chi connectivity index (χ1v) is 7.93. The van der Waals surface area contributed by atoms with Crippen LogP contribution in [0.15, 0.2) is 10.7 Å². The molecular formula is C14H19BrN4O. The monoisotopic (exact) mass is 338 g/mol. The molecule has 0 spiro atoms. The Morgan fingerprint density at radius 3 is 2.90 bits per heavy atom. The molecule has 0 radical (unpaired) electrons. The first-order valence-electron chi connectivity index (χ1n) is 7.13. The van der Waals surface area contributed by atoms with Crippen LogP contribution in [0.3, 0.4) is 0 Å². The summed E-state index contributed by atoms with van der Waals surface area (Å²) in [6.45, 7) is 6.73. The zero-order chi connectivity index (χ0) is 14.3. The van der Waals surface area contributed by atoms with E-state index in [2.05, 4.69) is 44.6 Å². The van der Waals surface area contributed by atoms with Crippen LogP contribution in [0.5, 0.6) is 0 Å². The molecule has 3 rings (SSSR count). The number of halogens is 1. The molecule has 1 aromatic rings. The van der Waals surface area contributed by atoms with Crippen molar-refractivity contribution in [3.8, 4) is 0 Å². The van der Waals surface area contributed by atoms with E-state index in [4.69, 9.17) is 0 Å². The third kappa shape index (κ3) is 2.53. The molecule has 108 valence electrons. The number of anilines is 1. The molecule has 2 saturated heterocycles. The van der Waals surface area contributed by atoms with Crippen LogP contribution in [0.1, 0.15) is 38.4 Å². The van der Waals surface area contributed by atoms with E-state index in [-0.39, 0.29) is 0 Å². The Morgan fingerprint density at radius 1 is 1.35 bits per heavy atom. The van der Waals surface area contributed by atoms with Gasteiger partial charge in [-0.25, -0.2) is 9.97 Å². The average Bonchev–Trinajstić information content (AvgIpc) is 2.79. The van der Waals surface area contributed by atoms with Gasteiger partial charge in [0.1, 0.15) is 16.2 Å². The first kappa shape index (κ1) is 13.8. The zero-order valence-electron chi connectivity index (χ0n) is 11.8. The molecule has 0 aliphatic carbocycles. The first-order chi connectivity index (χ1) is 9.54. The summed E-state index contributed by atoms with van der Waals surface area (Å²) in [7, 11) is 0. The number of nitrogens with zero attached hydrogens (tertiary/aromatic N) is 4. The van der Waals surface area contributed by atoms with Gasteiger partial charge in [0.05, 0.1) is 0 Å². The second kappa shape index (κ2) is 5.31. The molecule has 3 heterocycles. The molecular weight excluding hydrogens is 320 g/mol. The van der Waals surface area contributed by atoms with Crippen molar-refractivity contribution >= 4 is 27.7 Å². The number of amides is 1. The minimum absolute atomic E-state index is 0.306. The van der Waals surface area contributed by atoms with Crippen molar-refractivity contribution in [3.05, 3.63) is 16.5 Å². The molecule has 0 bridgehead atoms. The molecule has 1 aromatic heterocycles. The van der Waals surface area contributed by atoms with Gasteiger partial charge < -0.3 is 9.80 Å². The van der Waals surface area contributed by atoms with Crippen molar-refractivity contribution in [2.24, 2.45) is 0 Å². The maximum absolute atomic E-state index is 11.7. The molecule has 1 unspecified atom stereocenters. The predicted octanol–water partition coefficient (Wildman–Crippen LogP) is 2.17. The summed E-state index contributed by atoms with van der Waals surface area (Å²) in [5, 5.41) is 0. The Hall–Kier alpha value is -1.17. The maximum Gasteiger partial charge on any atom is 0.223 e. The summed E-state index contributed by atoms with van der Waals surface area (Å²) in [4.78, 5) is 25.1. The van der Waals surface area contributed by atoms with Crippen molar-refractivity contribution in [1.29, 1.82) is 0 Å². The lowest BCUT2D eigenvalue weighted by atomic mass is 10.1. The topological polar surface area (TPSA) is 49.3 Å². The number of hydrogen-bond donors (Lipinski definition) is 0. The van der Waals surface area contributed by atoms with E-state index < -0.39 is 0 Å². The van der Waals surface area contributed by atoms with Gasteiger partial charge in [-0.05, 0) is 22.4 Å². The van der Waals surface area contributed by atoms with E-state index >= 15 is 0 Å². The molecule has 1 atom stereocenters. The van der Waals surface area contributed by atoms with Crippen LogP contribution >= 0.6 is 15.9 Å². The smallest absolute Gasteiger partial charge is 0.223 e. The van der Waals surface area contributed by atoms with Crippen molar-refractivity contribution < 1.29 is 4.79 Å². The molecule has 2 fully saturated rings. The fourth-order valence-electron chi connectivity index (χ4n) is 2.92. The Labute approximate surface area is 127 Å². The largest absolute Gasteiger partial charge is 0.353 e. The minimum Gasteiger partial charge on any atom is -0.353 e. The highest BCUT2D eigenvalue weighted by Crippen LogP contribution is 2.27. The summed E-state index contributed by atoms with van der Waals surface area (Å²) in [5.41, 5.74) is 0. The SMILES string of the molecule is CC(C)c1nc(Br)cc(N2CCN3C(=O)CCC3C2)n1. The van der Waals surface area contributed by atoms with Crippen LogP contribution < -0.4 is 4.90 Å². The van der Waals surface area contributed by atoms with Crippen LogP contribution in [0.2, 0.25) is 0 Å². The van der Waals surface area contributed by atoms with E-state index in [1.54, 1.807) is 0 Å². The van der Waals surface area contributed by atoms with E-state index in [0.29, 0.717) is 24.3 Å². The highest BCUT2D eigenvalue weighted by atomic mass is 79.9. The molecule has 5 nitrogen and oxygen atoms in total. The summed E-state index contributed by atoms with van der Waals surface area (Å²) in [6, 6.07) is 2.32. The van der Waals surface area contributed by atoms with E-state index in [9.17, 15) is 4.79 Å². The maximum atomic E-state index is 11.7. The van der Waals surface area contributed by atoms with Crippen molar-refractivity contribution in [3.63, 3.8) is 0 Å². The highest BCUT2D eigenvalue weighted by Gasteiger charge is 2.35. The molecule has 2 aliphatic rings. The number of carbonyl (C=O) groups excluding carboxylic acids is 1. The standard InChI is InChI=1S/C14H19BrN4O/c1-9(2)14-16-11(15)7-12(17-14)18-5-6-19-10(8-18)3-4-13(19)20/h7,9-10H,3-6,8H2,1-2H3. The van der Waals surface area contributed by atoms with Crippen LogP contribution in [0.25, 0.3) is 0 Å². The van der Waals surface area contributed by atoms with Gasteiger partial charge >= 0.3 is 0 Å². The van der Waals surface area contributed by atoms with Crippen LogP contribution in [-0.4, -0.2) is 46.5 Å². The van der Waals surface area contributed by atoms with Crippen molar-refractivity contribution in [1.82, 2.24) is 14.9 Å². The van der Waals surface area contributed by atoms with Crippen molar-refractivity contribution in [2.45, 2.75) is 38.6 Å². The summed E-state index contributed by atoms with van der Waals surface area (Å²) >= 11 is 3.47. The van der Waals surface area contributed by atoms with Gasteiger partial charge in [-0.15, -0.1) is 0 Å². The summed E-state index contributed by atoms with van der Waals surface area (Å²) in [5.74, 6) is 2.44. The number of aromatic nitrogens is 2. The van der Waals surface area contributed by atoms with E-state index in [1.165, 1.54) is 0 Å². The Kier molecular flexibility index (Phi) is 3.67. The number of fused-ring (bicyclic) bond motifs is 1. The predicted molar refractivity (Wildman–Crippen MR) is 80.8 cm³/mol. The van der Waals surface area contributed by atoms with Gasteiger partial charge in [0, 0.05) is 44.1 Å². The lowest BCUT2D eigenvalue weighted by molar-refractivity contribution is -0.129. The van der Waals surface area contributed by atoms with E-state index in [1.807, 2.05) is 11.0 Å². The van der Waals surface area contributed by atoms with Gasteiger partial charge in [0.15, 0.2) is 0 Å². The average molecular weight is 339 g/mol. The number of hydrogen-bond acceptors (Lipinski definition) is 4. The summed E-state index contributed by atoms with van der Waals surface area (Å²) < 4.78 is 0.830. The molecule has 6 heteroatoms. The number of carbonyl (C=O) groups is 1. The van der Waals surface area contributed by atoms with Crippen LogP contribution in [-0.2, 0) is 4.79 Å². The van der Waals surface area contributed by atoms with Gasteiger partial charge in [0.2, 0.25) is 5.91 Å².